The average molecular weight is 615 g/mol. The molecular formula is C31H38N10O2S. The first-order chi connectivity index (χ1) is 21.3. The zero-order valence-corrected chi connectivity index (χ0v) is 25.9. The van der Waals surface area contributed by atoms with Gasteiger partial charge in [0.1, 0.15) is 17.5 Å². The standard InChI is InChI=1S/C31H38N10O2S/c1-21(42)35-23-8-6-22(7-9-23)29-27(17-32)30(33)38-31(37-29)44-20-25-5-3-4-24(36-25)19-40-12-14-41(15-13-40)28(43)16-26-18-39(2)11-10-34-26/h3-9,26,34H,10-16,18-20H2,1-2H3,(H,35,42)(H2,33,37,38). The molecular weight excluding hydrogens is 576 g/mol. The van der Waals surface area contributed by atoms with Gasteiger partial charge < -0.3 is 26.2 Å². The third kappa shape index (κ3) is 8.29. The third-order valence-corrected chi connectivity index (χ3v) is 8.59. The highest BCUT2D eigenvalue weighted by Crippen LogP contribution is 2.29. The van der Waals surface area contributed by atoms with Crippen molar-refractivity contribution < 1.29 is 9.59 Å². The van der Waals surface area contributed by atoms with Gasteiger partial charge in [-0.05, 0) is 31.3 Å². The van der Waals surface area contributed by atoms with Crippen LogP contribution in [0.15, 0.2) is 47.6 Å². The molecule has 0 aliphatic carbocycles. The van der Waals surface area contributed by atoms with Crippen LogP contribution in [0.5, 0.6) is 0 Å². The van der Waals surface area contributed by atoms with Crippen LogP contribution in [0.1, 0.15) is 30.3 Å². The number of nitrogen functional groups attached to an aromatic ring is 1. The topological polar surface area (TPSA) is 156 Å². The van der Waals surface area contributed by atoms with Gasteiger partial charge in [-0.2, -0.15) is 5.26 Å². The molecule has 4 N–H and O–H groups in total. The van der Waals surface area contributed by atoms with E-state index < -0.39 is 0 Å². The minimum absolute atomic E-state index is 0.118. The molecule has 12 nitrogen and oxygen atoms in total. The van der Waals surface area contributed by atoms with Gasteiger partial charge in [0, 0.05) is 88.7 Å². The van der Waals surface area contributed by atoms with E-state index in [-0.39, 0.29) is 29.2 Å². The Bertz CT molecular complexity index is 1520. The van der Waals surface area contributed by atoms with Gasteiger partial charge in [0.05, 0.1) is 17.1 Å². The molecule has 2 saturated heterocycles. The number of nitrogens with zero attached hydrogens (tertiary/aromatic N) is 7. The number of piperazine rings is 2. The maximum Gasteiger partial charge on any atom is 0.224 e. The van der Waals surface area contributed by atoms with Gasteiger partial charge in [-0.15, -0.1) is 0 Å². The fraction of sp³-hybridized carbons (Fsp3) is 0.419. The summed E-state index contributed by atoms with van der Waals surface area (Å²) in [4.78, 5) is 44.7. The zero-order chi connectivity index (χ0) is 31.1. The first-order valence-electron chi connectivity index (χ1n) is 14.7. The van der Waals surface area contributed by atoms with Crippen LogP contribution >= 0.6 is 11.8 Å². The molecule has 0 radical (unpaired) electrons. The van der Waals surface area contributed by atoms with Crippen LogP contribution < -0.4 is 16.4 Å². The summed E-state index contributed by atoms with van der Waals surface area (Å²) in [5, 5.41) is 16.3. The number of amides is 2. The molecule has 1 unspecified atom stereocenters. The van der Waals surface area contributed by atoms with E-state index in [1.807, 2.05) is 23.1 Å². The van der Waals surface area contributed by atoms with Crippen molar-refractivity contribution in [3.05, 3.63) is 59.4 Å². The van der Waals surface area contributed by atoms with Crippen LogP contribution in [0.25, 0.3) is 11.3 Å². The maximum atomic E-state index is 12.9. The molecule has 3 aromatic rings. The summed E-state index contributed by atoms with van der Waals surface area (Å²) in [6.07, 6.45) is 0.548. The van der Waals surface area contributed by atoms with Gasteiger partial charge in [-0.25, -0.2) is 9.97 Å². The van der Waals surface area contributed by atoms with Gasteiger partial charge >= 0.3 is 0 Å². The van der Waals surface area contributed by atoms with Crippen LogP contribution in [0.3, 0.4) is 0 Å². The van der Waals surface area contributed by atoms with E-state index in [2.05, 4.69) is 43.5 Å². The van der Waals surface area contributed by atoms with E-state index in [1.54, 1.807) is 24.3 Å². The Balaban J connectivity index is 1.16. The maximum absolute atomic E-state index is 12.9. The van der Waals surface area contributed by atoms with Crippen molar-refractivity contribution in [2.75, 3.05) is 63.9 Å². The highest BCUT2D eigenvalue weighted by molar-refractivity contribution is 7.98. The fourth-order valence-electron chi connectivity index (χ4n) is 5.44. The number of hydrogen-bond donors (Lipinski definition) is 3. The molecule has 0 spiro atoms. The normalized spacial score (nSPS) is 17.7. The molecule has 5 rings (SSSR count). The smallest absolute Gasteiger partial charge is 0.224 e. The number of aromatic nitrogens is 3. The van der Waals surface area contributed by atoms with Crippen molar-refractivity contribution in [3.8, 4) is 17.3 Å². The molecule has 2 aliphatic rings. The number of nitrogens with two attached hydrogens (primary N) is 1. The van der Waals surface area contributed by atoms with Crippen molar-refractivity contribution in [2.45, 2.75) is 36.8 Å². The lowest BCUT2D eigenvalue weighted by atomic mass is 10.1. The van der Waals surface area contributed by atoms with Gasteiger partial charge in [0.2, 0.25) is 11.8 Å². The molecule has 1 aromatic carbocycles. The minimum Gasteiger partial charge on any atom is -0.382 e. The number of nitrogens with one attached hydrogen (secondary N) is 2. The second-order valence-corrected chi connectivity index (χ2v) is 12.1. The fourth-order valence-corrected chi connectivity index (χ4v) is 6.20. The van der Waals surface area contributed by atoms with E-state index >= 15 is 0 Å². The number of anilines is 2. The number of likely N-dealkylation sites (N-methyl/N-ethyl adjacent to an activating group) is 1. The van der Waals surface area contributed by atoms with E-state index in [4.69, 9.17) is 10.7 Å². The monoisotopic (exact) mass is 614 g/mol. The van der Waals surface area contributed by atoms with Crippen molar-refractivity contribution in [2.24, 2.45) is 0 Å². The summed E-state index contributed by atoms with van der Waals surface area (Å²) in [6.45, 7) is 8.11. The second-order valence-electron chi connectivity index (χ2n) is 11.2. The Kier molecular flexibility index (Phi) is 10.4. The zero-order valence-electron chi connectivity index (χ0n) is 25.1. The molecule has 4 heterocycles. The van der Waals surface area contributed by atoms with Crippen LogP contribution in [-0.4, -0.2) is 100 Å². The average Bonchev–Trinajstić information content (AvgIpc) is 3.00. The van der Waals surface area contributed by atoms with Gasteiger partial charge in [0.15, 0.2) is 5.16 Å². The van der Waals surface area contributed by atoms with Gasteiger partial charge in [0.25, 0.3) is 0 Å². The highest BCUT2D eigenvalue weighted by atomic mass is 32.2. The Labute approximate surface area is 262 Å². The molecule has 2 aromatic heterocycles. The van der Waals surface area contributed by atoms with Crippen molar-refractivity contribution in [1.29, 1.82) is 5.26 Å². The summed E-state index contributed by atoms with van der Waals surface area (Å²) in [6, 6.07) is 15.4. The molecule has 230 valence electrons. The Morgan fingerprint density at radius 3 is 2.52 bits per heavy atom. The highest BCUT2D eigenvalue weighted by Gasteiger charge is 2.25. The number of thioether (sulfide) groups is 1. The summed E-state index contributed by atoms with van der Waals surface area (Å²) in [5.41, 5.74) is 10.0. The Morgan fingerprint density at radius 1 is 1.07 bits per heavy atom. The minimum atomic E-state index is -0.163. The largest absolute Gasteiger partial charge is 0.382 e. The number of carbonyl (C=O) groups excluding carboxylic acids is 2. The molecule has 13 heteroatoms. The van der Waals surface area contributed by atoms with Crippen LogP contribution in [0.2, 0.25) is 0 Å². The number of carbonyl (C=O) groups is 2. The number of hydrogen-bond acceptors (Lipinski definition) is 11. The van der Waals surface area contributed by atoms with E-state index in [0.29, 0.717) is 40.8 Å². The van der Waals surface area contributed by atoms with Crippen LogP contribution in [0, 0.1) is 11.3 Å². The summed E-state index contributed by atoms with van der Waals surface area (Å²) in [7, 11) is 2.10. The number of nitriles is 1. The first kappa shape index (κ1) is 31.3. The van der Waals surface area contributed by atoms with E-state index in [1.165, 1.54) is 18.7 Å². The van der Waals surface area contributed by atoms with Crippen LogP contribution in [0.4, 0.5) is 11.5 Å². The van der Waals surface area contributed by atoms with Crippen LogP contribution in [-0.2, 0) is 21.9 Å². The second kappa shape index (κ2) is 14.6. The molecule has 2 fully saturated rings. The lowest BCUT2D eigenvalue weighted by molar-refractivity contribution is -0.133. The number of rotatable bonds is 9. The quantitative estimate of drug-likeness (QED) is 0.240. The van der Waals surface area contributed by atoms with Crippen molar-refractivity contribution in [1.82, 2.24) is 35.0 Å². The summed E-state index contributed by atoms with van der Waals surface area (Å²) < 4.78 is 0. The number of pyridine rings is 1. The molecule has 1 atom stereocenters. The van der Waals surface area contributed by atoms with Crippen molar-refractivity contribution >= 4 is 35.1 Å². The summed E-state index contributed by atoms with van der Waals surface area (Å²) >= 11 is 1.40. The predicted octanol–water partition coefficient (Wildman–Crippen LogP) is 2.18. The molecule has 0 saturated carbocycles. The lowest BCUT2D eigenvalue weighted by Gasteiger charge is -2.36. The molecule has 2 amide bonds. The Hall–Kier alpha value is -4.09. The van der Waals surface area contributed by atoms with E-state index in [9.17, 15) is 14.9 Å². The van der Waals surface area contributed by atoms with E-state index in [0.717, 1.165) is 57.2 Å². The third-order valence-electron chi connectivity index (χ3n) is 7.71. The molecule has 44 heavy (non-hydrogen) atoms. The lowest BCUT2D eigenvalue weighted by Crippen LogP contribution is -2.53. The number of benzene rings is 1. The molecule has 2 aliphatic heterocycles. The molecule has 0 bridgehead atoms. The van der Waals surface area contributed by atoms with Gasteiger partial charge in [-0.1, -0.05) is 30.0 Å². The van der Waals surface area contributed by atoms with Crippen molar-refractivity contribution in [3.63, 3.8) is 0 Å². The SMILES string of the molecule is CC(=O)Nc1ccc(-c2nc(SCc3cccc(CN4CCN(C(=O)CC5CN(C)CCN5)CC4)n3)nc(N)c2C#N)cc1. The van der Waals surface area contributed by atoms with Gasteiger partial charge in [-0.3, -0.25) is 19.5 Å². The Morgan fingerprint density at radius 2 is 1.82 bits per heavy atom. The predicted molar refractivity (Wildman–Crippen MR) is 170 cm³/mol. The first-order valence-corrected chi connectivity index (χ1v) is 15.7. The summed E-state index contributed by atoms with van der Waals surface area (Å²) in [5.74, 6) is 0.717.